The fourth-order valence-electron chi connectivity index (χ4n) is 2.95. The molecule has 17 heavy (non-hydrogen) atoms. The highest BCUT2D eigenvalue weighted by molar-refractivity contribution is 5.96. The van der Waals surface area contributed by atoms with Gasteiger partial charge in [0.05, 0.1) is 0 Å². The van der Waals surface area contributed by atoms with Crippen LogP contribution in [0.15, 0.2) is 18.2 Å². The first-order chi connectivity index (χ1) is 8.24. The first-order valence-electron chi connectivity index (χ1n) is 6.55. The van der Waals surface area contributed by atoms with Gasteiger partial charge in [-0.3, -0.25) is 4.79 Å². The molecular formula is C15H21NO. The quantitative estimate of drug-likeness (QED) is 0.830. The molecule has 1 N–H and O–H groups in total. The SMILES string of the molecule is CNC(=O)c1cccc(C)c1C1CCCCC1. The number of rotatable bonds is 2. The maximum absolute atomic E-state index is 11.9. The molecule has 0 unspecified atom stereocenters. The molecule has 2 nitrogen and oxygen atoms in total. The average Bonchev–Trinajstić information content (AvgIpc) is 2.38. The number of amides is 1. The summed E-state index contributed by atoms with van der Waals surface area (Å²) in [5.74, 6) is 0.631. The summed E-state index contributed by atoms with van der Waals surface area (Å²) in [5, 5.41) is 2.75. The molecule has 2 heteroatoms. The number of aryl methyl sites for hydroxylation is 1. The van der Waals surface area contributed by atoms with Crippen LogP contribution in [0.25, 0.3) is 0 Å². The highest BCUT2D eigenvalue weighted by Crippen LogP contribution is 2.36. The fourth-order valence-corrected chi connectivity index (χ4v) is 2.95. The van der Waals surface area contributed by atoms with Gasteiger partial charge in [0.2, 0.25) is 0 Å². The predicted molar refractivity (Wildman–Crippen MR) is 70.4 cm³/mol. The highest BCUT2D eigenvalue weighted by Gasteiger charge is 2.22. The van der Waals surface area contributed by atoms with Crippen LogP contribution in [0, 0.1) is 6.92 Å². The van der Waals surface area contributed by atoms with E-state index in [0.29, 0.717) is 5.92 Å². The lowest BCUT2D eigenvalue weighted by molar-refractivity contribution is 0.0961. The van der Waals surface area contributed by atoms with Gasteiger partial charge in [0.25, 0.3) is 5.91 Å². The Bertz CT molecular complexity index is 405. The summed E-state index contributed by atoms with van der Waals surface area (Å²) < 4.78 is 0. The normalized spacial score (nSPS) is 16.8. The van der Waals surface area contributed by atoms with E-state index in [1.165, 1.54) is 43.2 Å². The Kier molecular flexibility index (Phi) is 3.82. The van der Waals surface area contributed by atoms with Crippen LogP contribution in [0.3, 0.4) is 0 Å². The molecule has 92 valence electrons. The Labute approximate surface area is 103 Å². The predicted octanol–water partition coefficient (Wildman–Crippen LogP) is 3.40. The first kappa shape index (κ1) is 12.2. The van der Waals surface area contributed by atoms with E-state index in [2.05, 4.69) is 18.3 Å². The molecule has 2 rings (SSSR count). The Morgan fingerprint density at radius 2 is 1.94 bits per heavy atom. The van der Waals surface area contributed by atoms with Crippen molar-refractivity contribution in [3.8, 4) is 0 Å². The molecule has 0 saturated heterocycles. The van der Waals surface area contributed by atoms with E-state index in [-0.39, 0.29) is 5.91 Å². The second kappa shape index (κ2) is 5.35. The summed E-state index contributed by atoms with van der Waals surface area (Å²) in [6.45, 7) is 2.12. The topological polar surface area (TPSA) is 29.1 Å². The van der Waals surface area contributed by atoms with Crippen molar-refractivity contribution in [2.45, 2.75) is 44.9 Å². The van der Waals surface area contributed by atoms with Gasteiger partial charge in [0.1, 0.15) is 0 Å². The zero-order valence-corrected chi connectivity index (χ0v) is 10.8. The van der Waals surface area contributed by atoms with Crippen LogP contribution >= 0.6 is 0 Å². The van der Waals surface area contributed by atoms with Crippen molar-refractivity contribution in [1.82, 2.24) is 5.32 Å². The molecule has 0 bridgehead atoms. The summed E-state index contributed by atoms with van der Waals surface area (Å²) in [5.41, 5.74) is 3.42. The Morgan fingerprint density at radius 3 is 2.59 bits per heavy atom. The number of hydrogen-bond acceptors (Lipinski definition) is 1. The van der Waals surface area contributed by atoms with Crippen LogP contribution in [0.5, 0.6) is 0 Å². The molecule has 1 aliphatic carbocycles. The molecule has 0 aliphatic heterocycles. The minimum absolute atomic E-state index is 0.0503. The largest absolute Gasteiger partial charge is 0.355 e. The van der Waals surface area contributed by atoms with Crippen molar-refractivity contribution in [2.75, 3.05) is 7.05 Å². The summed E-state index contributed by atoms with van der Waals surface area (Å²) >= 11 is 0. The van der Waals surface area contributed by atoms with Crippen molar-refractivity contribution in [2.24, 2.45) is 0 Å². The minimum Gasteiger partial charge on any atom is -0.355 e. The number of carbonyl (C=O) groups is 1. The standard InChI is InChI=1S/C15H21NO/c1-11-7-6-10-13(15(17)16-2)14(11)12-8-4-3-5-9-12/h6-7,10,12H,3-5,8-9H2,1-2H3,(H,16,17). The molecule has 1 aliphatic rings. The average molecular weight is 231 g/mol. The zero-order chi connectivity index (χ0) is 12.3. The Hall–Kier alpha value is -1.31. The molecule has 0 aromatic heterocycles. The maximum atomic E-state index is 11.9. The Balaban J connectivity index is 2.39. The minimum atomic E-state index is 0.0503. The molecule has 0 atom stereocenters. The van der Waals surface area contributed by atoms with E-state index in [1.54, 1.807) is 7.05 Å². The lowest BCUT2D eigenvalue weighted by atomic mass is 9.80. The number of nitrogens with one attached hydrogen (secondary N) is 1. The molecule has 1 aromatic carbocycles. The molecule has 0 radical (unpaired) electrons. The van der Waals surface area contributed by atoms with Gasteiger partial charge in [-0.15, -0.1) is 0 Å². The Morgan fingerprint density at radius 1 is 1.24 bits per heavy atom. The van der Waals surface area contributed by atoms with Gasteiger partial charge < -0.3 is 5.32 Å². The highest BCUT2D eigenvalue weighted by atomic mass is 16.1. The monoisotopic (exact) mass is 231 g/mol. The van der Waals surface area contributed by atoms with Crippen molar-refractivity contribution in [3.05, 3.63) is 34.9 Å². The third-order valence-corrected chi connectivity index (χ3v) is 3.81. The smallest absolute Gasteiger partial charge is 0.251 e. The third-order valence-electron chi connectivity index (χ3n) is 3.81. The molecule has 0 heterocycles. The van der Waals surface area contributed by atoms with Crippen LogP contribution in [0.1, 0.15) is 59.5 Å². The maximum Gasteiger partial charge on any atom is 0.251 e. The molecule has 0 spiro atoms. The van der Waals surface area contributed by atoms with E-state index < -0.39 is 0 Å². The lowest BCUT2D eigenvalue weighted by Gasteiger charge is -2.25. The van der Waals surface area contributed by atoms with Gasteiger partial charge in [-0.05, 0) is 42.9 Å². The molecular weight excluding hydrogens is 210 g/mol. The van der Waals surface area contributed by atoms with Gasteiger partial charge in [0.15, 0.2) is 0 Å². The van der Waals surface area contributed by atoms with Crippen molar-refractivity contribution in [1.29, 1.82) is 0 Å². The summed E-state index contributed by atoms with van der Waals surface area (Å²) in [4.78, 5) is 11.9. The van der Waals surface area contributed by atoms with Crippen molar-refractivity contribution >= 4 is 5.91 Å². The second-order valence-corrected chi connectivity index (χ2v) is 4.95. The van der Waals surface area contributed by atoms with Crippen LogP contribution in [-0.2, 0) is 0 Å². The number of hydrogen-bond donors (Lipinski definition) is 1. The first-order valence-corrected chi connectivity index (χ1v) is 6.55. The molecule has 1 aromatic rings. The number of carbonyl (C=O) groups excluding carboxylic acids is 1. The van der Waals surface area contributed by atoms with E-state index in [1.807, 2.05) is 12.1 Å². The van der Waals surface area contributed by atoms with Gasteiger partial charge in [-0.1, -0.05) is 31.4 Å². The van der Waals surface area contributed by atoms with Crippen LogP contribution in [-0.4, -0.2) is 13.0 Å². The number of benzene rings is 1. The van der Waals surface area contributed by atoms with E-state index in [9.17, 15) is 4.79 Å². The molecule has 1 saturated carbocycles. The van der Waals surface area contributed by atoms with Gasteiger partial charge >= 0.3 is 0 Å². The summed E-state index contributed by atoms with van der Waals surface area (Å²) in [6.07, 6.45) is 6.40. The van der Waals surface area contributed by atoms with E-state index in [0.717, 1.165) is 5.56 Å². The van der Waals surface area contributed by atoms with Gasteiger partial charge in [0, 0.05) is 12.6 Å². The fraction of sp³-hybridized carbons (Fsp3) is 0.533. The van der Waals surface area contributed by atoms with Crippen LogP contribution < -0.4 is 5.32 Å². The van der Waals surface area contributed by atoms with Crippen molar-refractivity contribution in [3.63, 3.8) is 0 Å². The van der Waals surface area contributed by atoms with Gasteiger partial charge in [-0.25, -0.2) is 0 Å². The van der Waals surface area contributed by atoms with E-state index in [4.69, 9.17) is 0 Å². The van der Waals surface area contributed by atoms with Gasteiger partial charge in [-0.2, -0.15) is 0 Å². The lowest BCUT2D eigenvalue weighted by Crippen LogP contribution is -2.21. The van der Waals surface area contributed by atoms with Crippen molar-refractivity contribution < 1.29 is 4.79 Å². The second-order valence-electron chi connectivity index (χ2n) is 4.95. The third kappa shape index (κ3) is 2.51. The molecule has 1 amide bonds. The van der Waals surface area contributed by atoms with Crippen LogP contribution in [0.2, 0.25) is 0 Å². The van der Waals surface area contributed by atoms with E-state index >= 15 is 0 Å². The molecule has 1 fully saturated rings. The summed E-state index contributed by atoms with van der Waals surface area (Å²) in [7, 11) is 1.70. The van der Waals surface area contributed by atoms with Crippen LogP contribution in [0.4, 0.5) is 0 Å². The zero-order valence-electron chi connectivity index (χ0n) is 10.8. The summed E-state index contributed by atoms with van der Waals surface area (Å²) in [6, 6.07) is 6.05.